The monoisotopic (exact) mass is 571 g/mol. The summed E-state index contributed by atoms with van der Waals surface area (Å²) in [7, 11) is 1.70. The first-order chi connectivity index (χ1) is 15.1. The first-order valence-electron chi connectivity index (χ1n) is 10.9. The molecule has 1 N–H and O–H groups in total. The maximum Gasteiger partial charge on any atom is 0.387 e. The van der Waals surface area contributed by atoms with Crippen LogP contribution >= 0.6 is 24.0 Å². The molecule has 1 saturated heterocycles. The molecular formula is C22H36F2IN3O4. The van der Waals surface area contributed by atoms with Crippen LogP contribution in [-0.2, 0) is 16.0 Å². The molecule has 1 aromatic rings. The van der Waals surface area contributed by atoms with Crippen LogP contribution in [0.5, 0.6) is 11.5 Å². The van der Waals surface area contributed by atoms with Crippen LogP contribution in [0.15, 0.2) is 23.2 Å². The molecule has 0 spiro atoms. The van der Waals surface area contributed by atoms with Gasteiger partial charge in [0.15, 0.2) is 17.5 Å². The largest absolute Gasteiger partial charge is 0.490 e. The van der Waals surface area contributed by atoms with Gasteiger partial charge in [-0.2, -0.15) is 8.78 Å². The summed E-state index contributed by atoms with van der Waals surface area (Å²) in [6, 6.07) is 4.93. The van der Waals surface area contributed by atoms with Crippen molar-refractivity contribution in [3.05, 3.63) is 23.8 Å². The third-order valence-electron chi connectivity index (χ3n) is 4.86. The van der Waals surface area contributed by atoms with Gasteiger partial charge in [-0.05, 0) is 50.8 Å². The van der Waals surface area contributed by atoms with Crippen molar-refractivity contribution in [3.8, 4) is 11.5 Å². The molecule has 0 saturated carbocycles. The number of ether oxygens (including phenoxy) is 4. The third kappa shape index (κ3) is 10.0. The number of hydrogen-bond donors (Lipinski definition) is 1. The van der Waals surface area contributed by atoms with Gasteiger partial charge in [-0.15, -0.1) is 24.0 Å². The van der Waals surface area contributed by atoms with E-state index in [9.17, 15) is 8.78 Å². The lowest BCUT2D eigenvalue weighted by molar-refractivity contribution is -0.0514. The summed E-state index contributed by atoms with van der Waals surface area (Å²) in [5.74, 6) is 1.17. The number of likely N-dealkylation sites (tertiary alicyclic amines) is 1. The van der Waals surface area contributed by atoms with E-state index in [4.69, 9.17) is 19.2 Å². The molecule has 10 heteroatoms. The molecule has 1 aliphatic rings. The summed E-state index contributed by atoms with van der Waals surface area (Å²) in [4.78, 5) is 6.97. The fraction of sp³-hybridized carbons (Fsp3) is 0.682. The van der Waals surface area contributed by atoms with Gasteiger partial charge < -0.3 is 29.2 Å². The van der Waals surface area contributed by atoms with Gasteiger partial charge in [0.25, 0.3) is 0 Å². The zero-order chi connectivity index (χ0) is 22.5. The standard InChI is InChI=1S/C22H35F2N3O4.HI/c1-4-25-22(27-11-9-18(10-12-27)30-14-6-13-28-3)26-16-17-7-8-19(31-21(23)24)20(15-17)29-5-2;/h7-8,15,18,21H,4-6,9-14,16H2,1-3H3,(H,25,26);1H. The second kappa shape index (κ2) is 16.2. The van der Waals surface area contributed by atoms with Gasteiger partial charge in [0.2, 0.25) is 0 Å². The van der Waals surface area contributed by atoms with Gasteiger partial charge in [-0.25, -0.2) is 4.99 Å². The maximum absolute atomic E-state index is 12.6. The molecule has 1 heterocycles. The number of hydrogen-bond acceptors (Lipinski definition) is 5. The van der Waals surface area contributed by atoms with E-state index in [0.29, 0.717) is 18.9 Å². The van der Waals surface area contributed by atoms with Crippen LogP contribution in [0.2, 0.25) is 0 Å². The van der Waals surface area contributed by atoms with Crippen molar-refractivity contribution < 1.29 is 27.7 Å². The number of rotatable bonds is 12. The number of methoxy groups -OCH3 is 1. The van der Waals surface area contributed by atoms with E-state index in [1.54, 1.807) is 26.2 Å². The molecule has 0 radical (unpaired) electrons. The molecule has 7 nitrogen and oxygen atoms in total. The summed E-state index contributed by atoms with van der Waals surface area (Å²) in [6.45, 7) is 5.64. The summed E-state index contributed by atoms with van der Waals surface area (Å²) < 4.78 is 46.1. The predicted octanol–water partition coefficient (Wildman–Crippen LogP) is 4.29. The van der Waals surface area contributed by atoms with E-state index < -0.39 is 6.61 Å². The average Bonchev–Trinajstić information content (AvgIpc) is 2.76. The highest BCUT2D eigenvalue weighted by molar-refractivity contribution is 14.0. The van der Waals surface area contributed by atoms with Crippen molar-refractivity contribution in [2.75, 3.05) is 46.6 Å². The van der Waals surface area contributed by atoms with Crippen molar-refractivity contribution in [2.45, 2.75) is 52.4 Å². The summed E-state index contributed by atoms with van der Waals surface area (Å²) >= 11 is 0. The first kappa shape index (κ1) is 28.6. The molecule has 0 unspecified atom stereocenters. The SMILES string of the molecule is CCNC(=NCc1ccc(OC(F)F)c(OCC)c1)N1CCC(OCCCOC)CC1.I. The topological polar surface area (TPSA) is 64.6 Å². The van der Waals surface area contributed by atoms with Crippen LogP contribution in [0.4, 0.5) is 8.78 Å². The summed E-state index contributed by atoms with van der Waals surface area (Å²) in [6.07, 6.45) is 3.08. The van der Waals surface area contributed by atoms with Crippen LogP contribution in [0.25, 0.3) is 0 Å². The van der Waals surface area contributed by atoms with Gasteiger partial charge in [-0.1, -0.05) is 6.07 Å². The van der Waals surface area contributed by atoms with Gasteiger partial charge in [-0.3, -0.25) is 0 Å². The van der Waals surface area contributed by atoms with Crippen LogP contribution in [0.3, 0.4) is 0 Å². The first-order valence-corrected chi connectivity index (χ1v) is 10.9. The van der Waals surface area contributed by atoms with Crippen molar-refractivity contribution in [1.29, 1.82) is 0 Å². The third-order valence-corrected chi connectivity index (χ3v) is 4.86. The molecule has 2 rings (SSSR count). The van der Waals surface area contributed by atoms with E-state index in [1.807, 2.05) is 6.92 Å². The highest BCUT2D eigenvalue weighted by Gasteiger charge is 2.22. The van der Waals surface area contributed by atoms with E-state index in [1.165, 1.54) is 6.07 Å². The molecular weight excluding hydrogens is 535 g/mol. The van der Waals surface area contributed by atoms with Crippen molar-refractivity contribution >= 4 is 29.9 Å². The second-order valence-electron chi connectivity index (χ2n) is 7.17. The number of nitrogens with zero attached hydrogens (tertiary/aromatic N) is 2. The fourth-order valence-electron chi connectivity index (χ4n) is 3.39. The lowest BCUT2D eigenvalue weighted by Crippen LogP contribution is -2.47. The van der Waals surface area contributed by atoms with Gasteiger partial charge >= 0.3 is 6.61 Å². The number of benzene rings is 1. The molecule has 1 aliphatic heterocycles. The fourth-order valence-corrected chi connectivity index (χ4v) is 3.39. The smallest absolute Gasteiger partial charge is 0.387 e. The molecule has 0 atom stereocenters. The lowest BCUT2D eigenvalue weighted by Gasteiger charge is -2.34. The van der Waals surface area contributed by atoms with Crippen molar-refractivity contribution in [3.63, 3.8) is 0 Å². The van der Waals surface area contributed by atoms with Crippen LogP contribution in [0.1, 0.15) is 38.7 Å². The molecule has 0 aromatic heterocycles. The predicted molar refractivity (Wildman–Crippen MR) is 132 cm³/mol. The van der Waals surface area contributed by atoms with Crippen molar-refractivity contribution in [2.24, 2.45) is 4.99 Å². The zero-order valence-electron chi connectivity index (χ0n) is 19.1. The van der Waals surface area contributed by atoms with Gasteiger partial charge in [0, 0.05) is 40.0 Å². The van der Waals surface area contributed by atoms with Crippen LogP contribution in [-0.4, -0.2) is 70.1 Å². The molecule has 184 valence electrons. The minimum atomic E-state index is -2.89. The zero-order valence-corrected chi connectivity index (χ0v) is 21.5. The highest BCUT2D eigenvalue weighted by Crippen LogP contribution is 2.30. The normalized spacial score (nSPS) is 14.9. The van der Waals surface area contributed by atoms with E-state index >= 15 is 0 Å². The van der Waals surface area contributed by atoms with Gasteiger partial charge in [0.1, 0.15) is 0 Å². The average molecular weight is 571 g/mol. The Morgan fingerprint density at radius 3 is 2.56 bits per heavy atom. The second-order valence-corrected chi connectivity index (χ2v) is 7.17. The van der Waals surface area contributed by atoms with Crippen molar-refractivity contribution in [1.82, 2.24) is 10.2 Å². The Kier molecular flexibility index (Phi) is 14.5. The highest BCUT2D eigenvalue weighted by atomic mass is 127. The summed E-state index contributed by atoms with van der Waals surface area (Å²) in [5.41, 5.74) is 0.858. The number of aliphatic imine (C=N–C) groups is 1. The molecule has 1 fully saturated rings. The minimum Gasteiger partial charge on any atom is -0.490 e. The number of nitrogens with one attached hydrogen (secondary N) is 1. The Morgan fingerprint density at radius 2 is 1.94 bits per heavy atom. The number of halogens is 3. The lowest BCUT2D eigenvalue weighted by atomic mass is 10.1. The number of piperidine rings is 1. The Bertz CT molecular complexity index is 675. The number of guanidine groups is 1. The van der Waals surface area contributed by atoms with Crippen LogP contribution in [0, 0.1) is 0 Å². The Hall–Kier alpha value is -1.40. The molecule has 1 aromatic carbocycles. The molecule has 0 bridgehead atoms. The van der Waals surface area contributed by atoms with Gasteiger partial charge in [0.05, 0.1) is 19.3 Å². The Balaban J connectivity index is 0.00000512. The molecule has 0 aliphatic carbocycles. The maximum atomic E-state index is 12.6. The minimum absolute atomic E-state index is 0. The van der Waals surface area contributed by atoms with E-state index in [-0.39, 0.29) is 35.8 Å². The van der Waals surface area contributed by atoms with Crippen LogP contribution < -0.4 is 14.8 Å². The summed E-state index contributed by atoms with van der Waals surface area (Å²) in [5, 5.41) is 3.34. The van der Waals surface area contributed by atoms with E-state index in [0.717, 1.165) is 63.6 Å². The molecule has 32 heavy (non-hydrogen) atoms. The number of alkyl halides is 2. The van der Waals surface area contributed by atoms with E-state index in [2.05, 4.69) is 15.0 Å². The molecule has 0 amide bonds. The Labute approximate surface area is 206 Å². The quantitative estimate of drug-likeness (QED) is 0.175. The Morgan fingerprint density at radius 1 is 1.19 bits per heavy atom.